The van der Waals surface area contributed by atoms with E-state index in [4.69, 9.17) is 9.47 Å². The Balaban J connectivity index is 1.80. The van der Waals surface area contributed by atoms with Crippen LogP contribution in [0, 0.1) is 5.92 Å². The first-order chi connectivity index (χ1) is 15.3. The Kier molecular flexibility index (Phi) is 7.18. The number of aromatic nitrogens is 1. The first-order valence-corrected chi connectivity index (χ1v) is 9.56. The molecule has 1 atom stereocenters. The molecular formula is C21H21F2N3O6. The molecule has 0 radical (unpaired) electrons. The van der Waals surface area contributed by atoms with Crippen LogP contribution < -0.4 is 14.8 Å². The van der Waals surface area contributed by atoms with Crippen LogP contribution in [0.2, 0.25) is 0 Å². The molecule has 2 amide bonds. The van der Waals surface area contributed by atoms with Crippen LogP contribution in [0.25, 0.3) is 0 Å². The van der Waals surface area contributed by atoms with Crippen LogP contribution in [0.15, 0.2) is 36.5 Å². The van der Waals surface area contributed by atoms with Gasteiger partial charge in [-0.1, -0.05) is 6.07 Å². The number of likely N-dealkylation sites (tertiary alicyclic amines) is 1. The van der Waals surface area contributed by atoms with Gasteiger partial charge < -0.3 is 24.4 Å². The number of pyridine rings is 1. The fourth-order valence-electron chi connectivity index (χ4n) is 3.31. The maximum absolute atomic E-state index is 12.8. The number of carbonyl (C=O) groups is 3. The molecule has 1 saturated heterocycles. The van der Waals surface area contributed by atoms with Crippen molar-refractivity contribution in [2.24, 2.45) is 5.92 Å². The summed E-state index contributed by atoms with van der Waals surface area (Å²) in [6.07, 6.45) is 1.57. The number of hydrogen-bond acceptors (Lipinski definition) is 7. The number of esters is 1. The maximum Gasteiger partial charge on any atom is 0.387 e. The topological polar surface area (TPSA) is 107 Å². The summed E-state index contributed by atoms with van der Waals surface area (Å²) < 4.78 is 39.6. The van der Waals surface area contributed by atoms with Crippen LogP contribution >= 0.6 is 0 Å². The molecule has 1 fully saturated rings. The lowest BCUT2D eigenvalue weighted by Crippen LogP contribution is -2.28. The van der Waals surface area contributed by atoms with E-state index in [0.29, 0.717) is 5.69 Å². The van der Waals surface area contributed by atoms with Crippen LogP contribution in [-0.4, -0.2) is 55.0 Å². The van der Waals surface area contributed by atoms with Gasteiger partial charge in [-0.2, -0.15) is 8.78 Å². The van der Waals surface area contributed by atoms with Crippen molar-refractivity contribution < 1.29 is 37.4 Å². The van der Waals surface area contributed by atoms with E-state index in [1.165, 1.54) is 12.0 Å². The van der Waals surface area contributed by atoms with Gasteiger partial charge in [-0.05, 0) is 12.1 Å². The second-order valence-electron chi connectivity index (χ2n) is 6.90. The third kappa shape index (κ3) is 5.29. The highest BCUT2D eigenvalue weighted by Gasteiger charge is 2.35. The average molecular weight is 449 g/mol. The predicted molar refractivity (Wildman–Crippen MR) is 107 cm³/mol. The Bertz CT molecular complexity index is 1000. The molecule has 32 heavy (non-hydrogen) atoms. The SMILES string of the molecule is COC(=O)c1cc(OC)c(OC(F)F)cc1NC(=O)C1CC(=O)N(Cc2ccccn2)C1. The van der Waals surface area contributed by atoms with E-state index < -0.39 is 24.4 Å². The summed E-state index contributed by atoms with van der Waals surface area (Å²) >= 11 is 0. The molecule has 9 nitrogen and oxygen atoms in total. The molecule has 1 aliphatic heterocycles. The standard InChI is InChI=1S/C21H21F2N3O6/c1-30-16-8-14(20(29)31-2)15(9-17(16)32-21(22)23)25-19(28)12-7-18(27)26(10-12)11-13-5-3-4-6-24-13/h3-6,8-9,12,21H,7,10-11H2,1-2H3,(H,25,28). The number of anilines is 1. The summed E-state index contributed by atoms with van der Waals surface area (Å²) in [6, 6.07) is 7.50. The molecule has 0 aliphatic carbocycles. The van der Waals surface area contributed by atoms with Crippen molar-refractivity contribution >= 4 is 23.5 Å². The van der Waals surface area contributed by atoms with Gasteiger partial charge >= 0.3 is 12.6 Å². The van der Waals surface area contributed by atoms with Gasteiger partial charge in [-0.25, -0.2) is 4.79 Å². The molecule has 1 aromatic heterocycles. The first kappa shape index (κ1) is 22.9. The molecule has 0 spiro atoms. The molecule has 1 unspecified atom stereocenters. The van der Waals surface area contributed by atoms with E-state index in [1.807, 2.05) is 0 Å². The molecule has 1 aliphatic rings. The molecule has 1 N–H and O–H groups in total. The summed E-state index contributed by atoms with van der Waals surface area (Å²) in [5, 5.41) is 2.52. The van der Waals surface area contributed by atoms with E-state index >= 15 is 0 Å². The molecule has 11 heteroatoms. The first-order valence-electron chi connectivity index (χ1n) is 9.56. The van der Waals surface area contributed by atoms with Gasteiger partial charge in [0, 0.05) is 31.3 Å². The third-order valence-corrected chi connectivity index (χ3v) is 4.85. The van der Waals surface area contributed by atoms with E-state index in [1.54, 1.807) is 24.4 Å². The van der Waals surface area contributed by atoms with Gasteiger partial charge in [0.05, 0.1) is 43.6 Å². The lowest BCUT2D eigenvalue weighted by Gasteiger charge is -2.18. The molecular weight excluding hydrogens is 428 g/mol. The van der Waals surface area contributed by atoms with Gasteiger partial charge in [0.1, 0.15) is 0 Å². The number of nitrogens with one attached hydrogen (secondary N) is 1. The van der Waals surface area contributed by atoms with Crippen molar-refractivity contribution in [3.8, 4) is 11.5 Å². The minimum Gasteiger partial charge on any atom is -0.493 e. The van der Waals surface area contributed by atoms with Crippen LogP contribution in [0.1, 0.15) is 22.5 Å². The maximum atomic E-state index is 12.8. The van der Waals surface area contributed by atoms with Crippen molar-refractivity contribution in [3.63, 3.8) is 0 Å². The molecule has 2 heterocycles. The molecule has 170 valence electrons. The average Bonchev–Trinajstić information content (AvgIpc) is 3.14. The number of halogens is 2. The number of alkyl halides is 2. The monoisotopic (exact) mass is 449 g/mol. The summed E-state index contributed by atoms with van der Waals surface area (Å²) in [5.41, 5.74) is 0.460. The minimum atomic E-state index is -3.15. The minimum absolute atomic E-state index is 0.0389. The Morgan fingerprint density at radius 1 is 1.25 bits per heavy atom. The van der Waals surface area contributed by atoms with Crippen molar-refractivity contribution in [1.29, 1.82) is 0 Å². The number of benzene rings is 1. The van der Waals surface area contributed by atoms with Gasteiger partial charge in [0.2, 0.25) is 11.8 Å². The Labute approximate surface area is 182 Å². The highest BCUT2D eigenvalue weighted by molar-refractivity contribution is 6.04. The van der Waals surface area contributed by atoms with Crippen molar-refractivity contribution in [2.75, 3.05) is 26.1 Å². The largest absolute Gasteiger partial charge is 0.493 e. The molecule has 0 bridgehead atoms. The molecule has 1 aromatic carbocycles. The Morgan fingerprint density at radius 2 is 2.03 bits per heavy atom. The highest BCUT2D eigenvalue weighted by Crippen LogP contribution is 2.35. The number of carbonyl (C=O) groups excluding carboxylic acids is 3. The van der Waals surface area contributed by atoms with Crippen molar-refractivity contribution in [3.05, 3.63) is 47.8 Å². The van der Waals surface area contributed by atoms with Crippen LogP contribution in [0.3, 0.4) is 0 Å². The number of ether oxygens (including phenoxy) is 3. The van der Waals surface area contributed by atoms with Gasteiger partial charge in [-0.3, -0.25) is 14.6 Å². The van der Waals surface area contributed by atoms with E-state index in [2.05, 4.69) is 15.0 Å². The quantitative estimate of drug-likeness (QED) is 0.617. The zero-order valence-electron chi connectivity index (χ0n) is 17.3. The van der Waals surface area contributed by atoms with Crippen LogP contribution in [0.4, 0.5) is 14.5 Å². The zero-order chi connectivity index (χ0) is 23.3. The van der Waals surface area contributed by atoms with Crippen molar-refractivity contribution in [2.45, 2.75) is 19.6 Å². The van der Waals surface area contributed by atoms with Crippen LogP contribution in [-0.2, 0) is 20.9 Å². The summed E-state index contributed by atoms with van der Waals surface area (Å²) in [5.74, 6) is -2.81. The summed E-state index contributed by atoms with van der Waals surface area (Å²) in [6.45, 7) is -2.75. The number of hydrogen-bond donors (Lipinski definition) is 1. The second kappa shape index (κ2) is 10.0. The van der Waals surface area contributed by atoms with E-state index in [9.17, 15) is 23.2 Å². The fourth-order valence-corrected chi connectivity index (χ4v) is 3.31. The number of amides is 2. The Morgan fingerprint density at radius 3 is 2.66 bits per heavy atom. The van der Waals surface area contributed by atoms with Gasteiger partial charge in [-0.15, -0.1) is 0 Å². The number of methoxy groups -OCH3 is 2. The van der Waals surface area contributed by atoms with Crippen molar-refractivity contribution in [1.82, 2.24) is 9.88 Å². The van der Waals surface area contributed by atoms with Gasteiger partial charge in [0.25, 0.3) is 0 Å². The van der Waals surface area contributed by atoms with Gasteiger partial charge in [0.15, 0.2) is 11.5 Å². The fraction of sp³-hybridized carbons (Fsp3) is 0.333. The third-order valence-electron chi connectivity index (χ3n) is 4.85. The van der Waals surface area contributed by atoms with Crippen LogP contribution in [0.5, 0.6) is 11.5 Å². The normalized spacial score (nSPS) is 15.6. The molecule has 3 rings (SSSR count). The lowest BCUT2D eigenvalue weighted by molar-refractivity contribution is -0.128. The lowest BCUT2D eigenvalue weighted by atomic mass is 10.1. The zero-order valence-corrected chi connectivity index (χ0v) is 17.3. The highest BCUT2D eigenvalue weighted by atomic mass is 19.3. The predicted octanol–water partition coefficient (Wildman–Crippen LogP) is 2.47. The second-order valence-corrected chi connectivity index (χ2v) is 6.90. The molecule has 0 saturated carbocycles. The van der Waals surface area contributed by atoms with E-state index in [-0.39, 0.29) is 48.2 Å². The number of nitrogens with zero attached hydrogens (tertiary/aromatic N) is 2. The summed E-state index contributed by atoms with van der Waals surface area (Å²) in [4.78, 5) is 43.0. The molecule has 2 aromatic rings. The van der Waals surface area contributed by atoms with E-state index in [0.717, 1.165) is 19.2 Å². The smallest absolute Gasteiger partial charge is 0.387 e. The Hall–Kier alpha value is -3.76. The summed E-state index contributed by atoms with van der Waals surface area (Å²) in [7, 11) is 2.35. The number of rotatable bonds is 8.